The van der Waals surface area contributed by atoms with E-state index in [4.69, 9.17) is 15.0 Å². The molecule has 2 heterocycles. The van der Waals surface area contributed by atoms with Crippen molar-refractivity contribution in [2.75, 3.05) is 0 Å². The number of rotatable bonds is 7. The minimum Gasteiger partial charge on any atom is -0.264 e. The zero-order valence-corrected chi connectivity index (χ0v) is 32.7. The van der Waals surface area contributed by atoms with Gasteiger partial charge >= 0.3 is 0 Å². The highest BCUT2D eigenvalue weighted by Gasteiger charge is 2.46. The van der Waals surface area contributed by atoms with Crippen LogP contribution in [0.3, 0.4) is 0 Å². The molecule has 7 aromatic carbocycles. The molecule has 0 saturated carbocycles. The molecule has 0 spiro atoms. The third-order valence-corrected chi connectivity index (χ3v) is 11.6. The van der Waals surface area contributed by atoms with Gasteiger partial charge in [-0.3, -0.25) is 4.98 Å². The van der Waals surface area contributed by atoms with Crippen LogP contribution in [0.15, 0.2) is 188 Å². The van der Waals surface area contributed by atoms with Crippen molar-refractivity contribution in [3.8, 4) is 67.3 Å². The number of hydrogen-bond acceptors (Lipinski definition) is 4. The maximum atomic E-state index is 5.05. The van der Waals surface area contributed by atoms with Crippen LogP contribution in [0.2, 0.25) is 0 Å². The van der Waals surface area contributed by atoms with Crippen LogP contribution in [0, 0.1) is 20.8 Å². The predicted octanol–water partition coefficient (Wildman–Crippen LogP) is 12.9. The van der Waals surface area contributed by atoms with Gasteiger partial charge in [0, 0.05) is 23.5 Å². The van der Waals surface area contributed by atoms with Gasteiger partial charge in [0.25, 0.3) is 0 Å². The summed E-state index contributed by atoms with van der Waals surface area (Å²) in [4.78, 5) is 19.2. The first-order chi connectivity index (χ1) is 28.5. The summed E-state index contributed by atoms with van der Waals surface area (Å²) in [5.41, 5.74) is 18.1. The Balaban J connectivity index is 1.20. The average Bonchev–Trinajstić information content (AvgIpc) is 3.57. The van der Waals surface area contributed by atoms with Crippen LogP contribution in [0.25, 0.3) is 67.3 Å². The van der Waals surface area contributed by atoms with Gasteiger partial charge in [0.05, 0.1) is 5.41 Å². The molecule has 10 rings (SSSR count). The molecule has 0 amide bonds. The molecule has 0 fully saturated rings. The topological polar surface area (TPSA) is 51.6 Å². The second-order valence-electron chi connectivity index (χ2n) is 15.1. The molecular formula is C54H40N4. The molecule has 0 atom stereocenters. The summed E-state index contributed by atoms with van der Waals surface area (Å²) in [5.74, 6) is 2.01. The van der Waals surface area contributed by atoms with E-state index in [9.17, 15) is 0 Å². The lowest BCUT2D eigenvalue weighted by Gasteiger charge is -2.34. The SMILES string of the molecule is Cc1nc(-c2ccccc2)nc(-c2ccc3c(c2)C(c2ccccc2)(c2ccccc2)c2ccc(-c4ccccc4-c4ccccc4-c4c(C)cncc4C)cc2-3)n1. The van der Waals surface area contributed by atoms with Crippen LogP contribution in [0.5, 0.6) is 0 Å². The Morgan fingerprint density at radius 2 is 0.879 bits per heavy atom. The first-order valence-corrected chi connectivity index (χ1v) is 19.8. The fourth-order valence-corrected chi connectivity index (χ4v) is 9.16. The molecule has 9 aromatic rings. The van der Waals surface area contributed by atoms with E-state index in [-0.39, 0.29) is 0 Å². The van der Waals surface area contributed by atoms with Crippen molar-refractivity contribution in [3.05, 3.63) is 228 Å². The Morgan fingerprint density at radius 1 is 0.362 bits per heavy atom. The van der Waals surface area contributed by atoms with Crippen LogP contribution in [-0.4, -0.2) is 19.9 Å². The van der Waals surface area contributed by atoms with Gasteiger partial charge in [-0.1, -0.05) is 164 Å². The van der Waals surface area contributed by atoms with Gasteiger partial charge in [0.1, 0.15) is 5.82 Å². The number of aromatic nitrogens is 4. The van der Waals surface area contributed by atoms with Crippen molar-refractivity contribution in [1.82, 2.24) is 19.9 Å². The molecule has 2 aromatic heterocycles. The van der Waals surface area contributed by atoms with E-state index in [0.29, 0.717) is 17.5 Å². The van der Waals surface area contributed by atoms with Crippen molar-refractivity contribution >= 4 is 0 Å². The highest BCUT2D eigenvalue weighted by atomic mass is 15.0. The summed E-state index contributed by atoms with van der Waals surface area (Å²) in [6.45, 7) is 6.24. The van der Waals surface area contributed by atoms with Crippen molar-refractivity contribution in [1.29, 1.82) is 0 Å². The zero-order chi connectivity index (χ0) is 39.2. The maximum absolute atomic E-state index is 5.05. The Morgan fingerprint density at radius 3 is 1.52 bits per heavy atom. The monoisotopic (exact) mass is 744 g/mol. The molecule has 0 saturated heterocycles. The molecule has 1 aliphatic rings. The standard InChI is InChI=1S/C54H40N4/c1-35-33-55-34-36(2)51(35)47-26-16-15-25-45(47)44-24-14-13-23-43(44)39-28-30-49-48(31-39)46-29-27-40(53-57-37(3)56-52(58-53)38-17-7-4-8-18-38)32-50(46)54(49,41-19-9-5-10-20-41)42-21-11-6-12-22-42/h4-34H,1-3H3. The average molecular weight is 745 g/mol. The Hall–Kier alpha value is -7.30. The van der Waals surface area contributed by atoms with Gasteiger partial charge in [-0.25, -0.2) is 15.0 Å². The normalized spacial score (nSPS) is 12.5. The summed E-state index contributed by atoms with van der Waals surface area (Å²) in [6.07, 6.45) is 3.93. The third-order valence-electron chi connectivity index (χ3n) is 11.6. The Kier molecular flexibility index (Phi) is 8.68. The van der Waals surface area contributed by atoms with Crippen molar-refractivity contribution in [2.45, 2.75) is 26.2 Å². The summed E-state index contributed by atoms with van der Waals surface area (Å²) in [7, 11) is 0. The Bertz CT molecular complexity index is 2910. The number of hydrogen-bond donors (Lipinski definition) is 0. The number of aryl methyl sites for hydroxylation is 3. The summed E-state index contributed by atoms with van der Waals surface area (Å²) in [6, 6.07) is 63.4. The number of benzene rings is 7. The first kappa shape index (κ1) is 35.1. The van der Waals surface area contributed by atoms with Crippen molar-refractivity contribution < 1.29 is 0 Å². The van der Waals surface area contributed by atoms with Gasteiger partial charge in [-0.15, -0.1) is 0 Å². The van der Waals surface area contributed by atoms with Crippen molar-refractivity contribution in [2.24, 2.45) is 0 Å². The lowest BCUT2D eigenvalue weighted by molar-refractivity contribution is 0.768. The second-order valence-corrected chi connectivity index (χ2v) is 15.1. The second kappa shape index (κ2) is 14.3. The van der Waals surface area contributed by atoms with Crippen LogP contribution in [0.4, 0.5) is 0 Å². The highest BCUT2D eigenvalue weighted by Crippen LogP contribution is 2.57. The number of nitrogens with zero attached hydrogens (tertiary/aromatic N) is 4. The molecule has 0 unspecified atom stereocenters. The number of fused-ring (bicyclic) bond motifs is 3. The molecule has 0 aliphatic heterocycles. The summed E-state index contributed by atoms with van der Waals surface area (Å²) >= 11 is 0. The predicted molar refractivity (Wildman–Crippen MR) is 236 cm³/mol. The van der Waals surface area contributed by atoms with Crippen LogP contribution < -0.4 is 0 Å². The molecule has 276 valence electrons. The van der Waals surface area contributed by atoms with Gasteiger partial charge in [0.15, 0.2) is 11.6 Å². The Labute approximate surface area is 339 Å². The minimum atomic E-state index is -0.589. The zero-order valence-electron chi connectivity index (χ0n) is 32.7. The number of pyridine rings is 1. The molecule has 0 bridgehead atoms. The van der Waals surface area contributed by atoms with Gasteiger partial charge in [0.2, 0.25) is 0 Å². The maximum Gasteiger partial charge on any atom is 0.163 e. The minimum absolute atomic E-state index is 0.589. The summed E-state index contributed by atoms with van der Waals surface area (Å²) < 4.78 is 0. The van der Waals surface area contributed by atoms with Gasteiger partial charge in [-0.2, -0.15) is 0 Å². The van der Waals surface area contributed by atoms with Crippen LogP contribution in [0.1, 0.15) is 39.2 Å². The fourth-order valence-electron chi connectivity index (χ4n) is 9.16. The molecule has 0 N–H and O–H groups in total. The molecular weight excluding hydrogens is 705 g/mol. The van der Waals surface area contributed by atoms with Crippen molar-refractivity contribution in [3.63, 3.8) is 0 Å². The molecule has 58 heavy (non-hydrogen) atoms. The van der Waals surface area contributed by atoms with E-state index in [1.54, 1.807) is 0 Å². The van der Waals surface area contributed by atoms with E-state index in [0.717, 1.165) is 11.1 Å². The van der Waals surface area contributed by atoms with Crippen LogP contribution in [-0.2, 0) is 5.41 Å². The quantitative estimate of drug-likeness (QED) is 0.163. The van der Waals surface area contributed by atoms with E-state index < -0.39 is 5.41 Å². The van der Waals surface area contributed by atoms with Crippen LogP contribution >= 0.6 is 0 Å². The van der Waals surface area contributed by atoms with E-state index in [1.807, 2.05) is 49.6 Å². The summed E-state index contributed by atoms with van der Waals surface area (Å²) in [5, 5.41) is 0. The molecule has 1 aliphatic carbocycles. The first-order valence-electron chi connectivity index (χ1n) is 19.8. The third kappa shape index (κ3) is 5.76. The van der Waals surface area contributed by atoms with E-state index in [1.165, 1.54) is 77.9 Å². The highest BCUT2D eigenvalue weighted by molar-refractivity contribution is 5.95. The van der Waals surface area contributed by atoms with E-state index in [2.05, 4.69) is 164 Å². The smallest absolute Gasteiger partial charge is 0.163 e. The molecule has 4 heteroatoms. The largest absolute Gasteiger partial charge is 0.264 e. The molecule has 4 nitrogen and oxygen atoms in total. The lowest BCUT2D eigenvalue weighted by Crippen LogP contribution is -2.28. The lowest BCUT2D eigenvalue weighted by atomic mass is 9.67. The van der Waals surface area contributed by atoms with E-state index >= 15 is 0 Å². The fraction of sp³-hybridized carbons (Fsp3) is 0.0741. The molecule has 0 radical (unpaired) electrons. The van der Waals surface area contributed by atoms with Gasteiger partial charge < -0.3 is 0 Å². The van der Waals surface area contributed by atoms with Gasteiger partial charge in [-0.05, 0) is 111 Å².